The Hall–Kier alpha value is -3.22. The Morgan fingerprint density at radius 3 is 2.46 bits per heavy atom. The maximum Gasteiger partial charge on any atom is 0.260 e. The second-order valence-corrected chi connectivity index (χ2v) is 6.67. The van der Waals surface area contributed by atoms with E-state index in [0.717, 1.165) is 22.6 Å². The summed E-state index contributed by atoms with van der Waals surface area (Å²) in [6.45, 7) is 8.76. The Labute approximate surface area is 165 Å². The van der Waals surface area contributed by atoms with Crippen LogP contribution in [0.2, 0.25) is 0 Å². The molecule has 0 aliphatic heterocycles. The van der Waals surface area contributed by atoms with Gasteiger partial charge in [-0.2, -0.15) is 10.1 Å². The lowest BCUT2D eigenvalue weighted by Gasteiger charge is -2.21. The fraction of sp³-hybridized carbons (Fsp3) is 0.333. The van der Waals surface area contributed by atoms with Gasteiger partial charge in [-0.25, -0.2) is 9.67 Å². The molecule has 0 saturated carbocycles. The van der Waals surface area contributed by atoms with E-state index in [9.17, 15) is 4.79 Å². The molecule has 7 heteroatoms. The highest BCUT2D eigenvalue weighted by Crippen LogP contribution is 2.14. The highest BCUT2D eigenvalue weighted by atomic mass is 16.5. The van der Waals surface area contributed by atoms with Crippen molar-refractivity contribution in [3.8, 4) is 11.8 Å². The predicted molar refractivity (Wildman–Crippen MR) is 106 cm³/mol. The van der Waals surface area contributed by atoms with Crippen LogP contribution >= 0.6 is 0 Å². The maximum absolute atomic E-state index is 12.6. The average molecular weight is 379 g/mol. The number of carbonyl (C=O) groups excluding carboxylic acids is 1. The number of hydrogen-bond acceptors (Lipinski definition) is 5. The summed E-state index contributed by atoms with van der Waals surface area (Å²) in [5.74, 6) is 0.708. The quantitative estimate of drug-likeness (QED) is 0.631. The van der Waals surface area contributed by atoms with Crippen LogP contribution < -0.4 is 4.74 Å². The van der Waals surface area contributed by atoms with Crippen molar-refractivity contribution in [3.05, 3.63) is 65.1 Å². The normalized spacial score (nSPS) is 10.7. The van der Waals surface area contributed by atoms with Gasteiger partial charge in [0.15, 0.2) is 6.61 Å². The molecule has 2 aromatic heterocycles. The minimum atomic E-state index is -0.0877. The minimum absolute atomic E-state index is 0.0757. The molecule has 1 aromatic carbocycles. The van der Waals surface area contributed by atoms with Crippen molar-refractivity contribution in [2.75, 3.05) is 13.2 Å². The van der Waals surface area contributed by atoms with Crippen LogP contribution in [0.5, 0.6) is 5.88 Å². The van der Waals surface area contributed by atoms with Crippen molar-refractivity contribution in [2.24, 2.45) is 0 Å². The van der Waals surface area contributed by atoms with E-state index in [1.807, 2.05) is 64.1 Å². The first-order chi connectivity index (χ1) is 13.5. The molecule has 2 heterocycles. The molecule has 3 rings (SSSR count). The highest BCUT2D eigenvalue weighted by molar-refractivity contribution is 5.77. The summed E-state index contributed by atoms with van der Waals surface area (Å²) in [4.78, 5) is 23.2. The molecule has 0 spiro atoms. The van der Waals surface area contributed by atoms with Crippen LogP contribution in [0.25, 0.3) is 5.95 Å². The topological polar surface area (TPSA) is 73.1 Å². The number of hydrogen-bond donors (Lipinski definition) is 0. The third-order valence-corrected chi connectivity index (χ3v) is 4.31. The number of likely N-dealkylation sites (N-methyl/N-ethyl adjacent to an activating group) is 1. The van der Waals surface area contributed by atoms with E-state index < -0.39 is 0 Å². The molecule has 7 nitrogen and oxygen atoms in total. The number of aryl methyl sites for hydroxylation is 3. The SMILES string of the molecule is CCN(Cc1ccccc1)C(=O)COc1cc(C)nc(-n2nc(C)cc2C)n1. The van der Waals surface area contributed by atoms with Gasteiger partial charge in [0.2, 0.25) is 5.88 Å². The standard InChI is InChI=1S/C21H25N5O2/c1-5-25(13-18-9-7-6-8-10-18)20(27)14-28-19-12-15(2)22-21(23-19)26-17(4)11-16(3)24-26/h6-12H,5,13-14H2,1-4H3. The molecule has 0 aliphatic rings. The molecule has 0 saturated heterocycles. The molecule has 0 unspecified atom stereocenters. The fourth-order valence-electron chi connectivity index (χ4n) is 2.93. The second-order valence-electron chi connectivity index (χ2n) is 6.67. The number of aromatic nitrogens is 4. The van der Waals surface area contributed by atoms with Crippen LogP contribution in [-0.2, 0) is 11.3 Å². The molecule has 0 bridgehead atoms. The number of rotatable bonds is 7. The zero-order valence-electron chi connectivity index (χ0n) is 16.7. The molecule has 146 valence electrons. The Balaban J connectivity index is 1.69. The van der Waals surface area contributed by atoms with E-state index >= 15 is 0 Å². The molecule has 0 fully saturated rings. The molecule has 3 aromatic rings. The van der Waals surface area contributed by atoms with Gasteiger partial charge >= 0.3 is 0 Å². The lowest BCUT2D eigenvalue weighted by Crippen LogP contribution is -2.34. The van der Waals surface area contributed by atoms with E-state index in [2.05, 4.69) is 15.1 Å². The molecule has 1 amide bonds. The predicted octanol–water partition coefficient (Wildman–Crippen LogP) is 3.02. The van der Waals surface area contributed by atoms with Crippen molar-refractivity contribution in [1.82, 2.24) is 24.6 Å². The summed E-state index contributed by atoms with van der Waals surface area (Å²) in [6.07, 6.45) is 0. The van der Waals surface area contributed by atoms with Gasteiger partial charge < -0.3 is 9.64 Å². The fourth-order valence-corrected chi connectivity index (χ4v) is 2.93. The number of benzene rings is 1. The summed E-state index contributed by atoms with van der Waals surface area (Å²) >= 11 is 0. The monoisotopic (exact) mass is 379 g/mol. The van der Waals surface area contributed by atoms with Crippen LogP contribution in [0, 0.1) is 20.8 Å². The Bertz CT molecular complexity index is 953. The zero-order valence-corrected chi connectivity index (χ0v) is 16.7. The van der Waals surface area contributed by atoms with Gasteiger partial charge in [-0.05, 0) is 39.3 Å². The smallest absolute Gasteiger partial charge is 0.260 e. The van der Waals surface area contributed by atoms with E-state index in [1.54, 1.807) is 15.6 Å². The number of carbonyl (C=O) groups is 1. The third-order valence-electron chi connectivity index (χ3n) is 4.31. The van der Waals surface area contributed by atoms with Gasteiger partial charge in [0.1, 0.15) is 0 Å². The summed E-state index contributed by atoms with van der Waals surface area (Å²) in [5, 5.41) is 4.41. The Morgan fingerprint density at radius 2 is 1.82 bits per heavy atom. The average Bonchev–Trinajstić information content (AvgIpc) is 3.02. The van der Waals surface area contributed by atoms with Crippen LogP contribution in [0.15, 0.2) is 42.5 Å². The Kier molecular flexibility index (Phi) is 6.03. The van der Waals surface area contributed by atoms with Crippen molar-refractivity contribution in [2.45, 2.75) is 34.2 Å². The van der Waals surface area contributed by atoms with Gasteiger partial charge in [-0.3, -0.25) is 4.79 Å². The zero-order chi connectivity index (χ0) is 20.1. The summed E-state index contributed by atoms with van der Waals surface area (Å²) in [6, 6.07) is 13.6. The maximum atomic E-state index is 12.6. The first kappa shape index (κ1) is 19.5. The first-order valence-electron chi connectivity index (χ1n) is 9.30. The summed E-state index contributed by atoms with van der Waals surface area (Å²) < 4.78 is 7.37. The van der Waals surface area contributed by atoms with Crippen molar-refractivity contribution >= 4 is 5.91 Å². The molecule has 0 aliphatic carbocycles. The Morgan fingerprint density at radius 1 is 1.07 bits per heavy atom. The van der Waals surface area contributed by atoms with E-state index in [4.69, 9.17) is 4.74 Å². The molecule has 28 heavy (non-hydrogen) atoms. The summed E-state index contributed by atoms with van der Waals surface area (Å²) in [5.41, 5.74) is 3.66. The molecule has 0 N–H and O–H groups in total. The van der Waals surface area contributed by atoms with Gasteiger partial charge in [-0.1, -0.05) is 30.3 Å². The second kappa shape index (κ2) is 8.65. The lowest BCUT2D eigenvalue weighted by atomic mass is 10.2. The van der Waals surface area contributed by atoms with Crippen molar-refractivity contribution in [1.29, 1.82) is 0 Å². The molecular formula is C21H25N5O2. The van der Waals surface area contributed by atoms with Gasteiger partial charge in [0, 0.05) is 30.5 Å². The molecule has 0 atom stereocenters. The van der Waals surface area contributed by atoms with Crippen LogP contribution in [0.4, 0.5) is 0 Å². The van der Waals surface area contributed by atoms with Gasteiger partial charge in [0.05, 0.1) is 5.69 Å². The molecular weight excluding hydrogens is 354 g/mol. The van der Waals surface area contributed by atoms with Gasteiger partial charge in [-0.15, -0.1) is 0 Å². The number of amides is 1. The van der Waals surface area contributed by atoms with Crippen molar-refractivity contribution < 1.29 is 9.53 Å². The van der Waals surface area contributed by atoms with Crippen molar-refractivity contribution in [3.63, 3.8) is 0 Å². The van der Waals surface area contributed by atoms with E-state index in [1.165, 1.54) is 0 Å². The molecule has 0 radical (unpaired) electrons. The summed E-state index contributed by atoms with van der Waals surface area (Å²) in [7, 11) is 0. The third kappa shape index (κ3) is 4.73. The first-order valence-corrected chi connectivity index (χ1v) is 9.30. The van der Waals surface area contributed by atoms with E-state index in [-0.39, 0.29) is 12.5 Å². The van der Waals surface area contributed by atoms with Gasteiger partial charge in [0.25, 0.3) is 11.9 Å². The minimum Gasteiger partial charge on any atom is -0.467 e. The lowest BCUT2D eigenvalue weighted by molar-refractivity contribution is -0.133. The largest absolute Gasteiger partial charge is 0.467 e. The van der Waals surface area contributed by atoms with Crippen LogP contribution in [0.1, 0.15) is 29.6 Å². The highest BCUT2D eigenvalue weighted by Gasteiger charge is 2.15. The van der Waals surface area contributed by atoms with E-state index in [0.29, 0.717) is 24.9 Å². The number of ether oxygens (including phenoxy) is 1. The van der Waals surface area contributed by atoms with Crippen LogP contribution in [0.3, 0.4) is 0 Å². The number of nitrogens with zero attached hydrogens (tertiary/aromatic N) is 5. The van der Waals surface area contributed by atoms with Crippen LogP contribution in [-0.4, -0.2) is 43.7 Å².